The monoisotopic (exact) mass is 456 g/mol. The number of allylic oxidation sites excluding steroid dienone is 2. The number of aliphatic carboxylic acids is 1. The third-order valence-corrected chi connectivity index (χ3v) is 13.4. The average Bonchev–Trinajstić information content (AvgIpc) is 2.74. The van der Waals surface area contributed by atoms with Crippen molar-refractivity contribution in [3.63, 3.8) is 0 Å². The molecule has 186 valence electrons. The van der Waals surface area contributed by atoms with Crippen LogP contribution in [0.25, 0.3) is 0 Å². The summed E-state index contributed by atoms with van der Waals surface area (Å²) in [5.74, 6) is 1.82. The van der Waals surface area contributed by atoms with Gasteiger partial charge in [-0.15, -0.1) is 0 Å². The lowest BCUT2D eigenvalue weighted by atomic mass is 9.33. The largest absolute Gasteiger partial charge is 0.481 e. The van der Waals surface area contributed by atoms with Crippen molar-refractivity contribution in [3.05, 3.63) is 11.6 Å². The second-order valence-corrected chi connectivity index (χ2v) is 14.5. The van der Waals surface area contributed by atoms with Crippen LogP contribution < -0.4 is 0 Å². The van der Waals surface area contributed by atoms with Gasteiger partial charge in [0.1, 0.15) is 0 Å². The van der Waals surface area contributed by atoms with Gasteiger partial charge in [-0.25, -0.2) is 0 Å². The second-order valence-electron chi connectivity index (χ2n) is 14.5. The van der Waals surface area contributed by atoms with E-state index in [0.717, 1.165) is 44.9 Å². The molecule has 0 spiro atoms. The molecular weight excluding hydrogens is 408 g/mol. The molecule has 0 aromatic carbocycles. The maximum Gasteiger partial charge on any atom is 0.310 e. The minimum absolute atomic E-state index is 0.0302. The summed E-state index contributed by atoms with van der Waals surface area (Å²) in [6.07, 6.45) is 11.6. The summed E-state index contributed by atoms with van der Waals surface area (Å²) in [5.41, 5.74) is 1.46. The molecule has 5 aliphatic carbocycles. The van der Waals surface area contributed by atoms with Gasteiger partial charge < -0.3 is 10.2 Å². The fourth-order valence-electron chi connectivity index (χ4n) is 10.8. The van der Waals surface area contributed by atoms with E-state index in [1.54, 1.807) is 0 Å². The molecule has 3 heteroatoms. The number of rotatable bonds is 1. The highest BCUT2D eigenvalue weighted by atomic mass is 16.4. The highest BCUT2D eigenvalue weighted by Crippen LogP contribution is 2.75. The van der Waals surface area contributed by atoms with E-state index in [9.17, 15) is 15.0 Å². The number of hydrogen-bond acceptors (Lipinski definition) is 2. The fraction of sp³-hybridized carbons (Fsp3) is 0.900. The first-order chi connectivity index (χ1) is 15.3. The Balaban J connectivity index is 1.61. The quantitative estimate of drug-likeness (QED) is 0.414. The predicted octanol–water partition coefficient (Wildman–Crippen LogP) is 7.09. The van der Waals surface area contributed by atoms with Gasteiger partial charge in [0, 0.05) is 0 Å². The number of aliphatic hydroxyl groups is 1. The normalized spacial score (nSPS) is 55.3. The van der Waals surface area contributed by atoms with Gasteiger partial charge in [0.05, 0.1) is 11.5 Å². The summed E-state index contributed by atoms with van der Waals surface area (Å²) in [5, 5.41) is 21.4. The van der Waals surface area contributed by atoms with Crippen LogP contribution in [0.4, 0.5) is 0 Å². The Labute approximate surface area is 201 Å². The summed E-state index contributed by atoms with van der Waals surface area (Å²) >= 11 is 0. The molecule has 0 heterocycles. The van der Waals surface area contributed by atoms with Gasteiger partial charge in [0.2, 0.25) is 0 Å². The molecule has 0 aromatic heterocycles. The third-order valence-electron chi connectivity index (χ3n) is 13.4. The van der Waals surface area contributed by atoms with E-state index in [1.165, 1.54) is 18.4 Å². The molecule has 0 radical (unpaired) electrons. The molecule has 5 rings (SSSR count). The van der Waals surface area contributed by atoms with Gasteiger partial charge in [0.15, 0.2) is 0 Å². The summed E-state index contributed by atoms with van der Waals surface area (Å²) < 4.78 is 0. The van der Waals surface area contributed by atoms with Crippen molar-refractivity contribution in [3.8, 4) is 0 Å². The van der Waals surface area contributed by atoms with E-state index < -0.39 is 11.4 Å². The first-order valence-corrected chi connectivity index (χ1v) is 13.9. The van der Waals surface area contributed by atoms with E-state index in [-0.39, 0.29) is 33.7 Å². The Kier molecular flexibility index (Phi) is 5.15. The summed E-state index contributed by atoms with van der Waals surface area (Å²) in [6, 6.07) is 0. The third kappa shape index (κ3) is 2.75. The molecule has 2 N–H and O–H groups in total. The lowest BCUT2D eigenvalue weighted by Crippen LogP contribution is -2.65. The van der Waals surface area contributed by atoms with Crippen molar-refractivity contribution in [2.24, 2.45) is 56.7 Å². The molecule has 5 unspecified atom stereocenters. The van der Waals surface area contributed by atoms with Crippen LogP contribution in [-0.4, -0.2) is 22.3 Å². The van der Waals surface area contributed by atoms with Crippen molar-refractivity contribution in [2.75, 3.05) is 0 Å². The van der Waals surface area contributed by atoms with Crippen molar-refractivity contribution < 1.29 is 15.0 Å². The molecule has 0 amide bonds. The predicted molar refractivity (Wildman–Crippen MR) is 133 cm³/mol. The summed E-state index contributed by atoms with van der Waals surface area (Å²) in [4.78, 5) is 12.8. The maximum absolute atomic E-state index is 12.8. The highest BCUT2D eigenvalue weighted by Gasteiger charge is 2.69. The Morgan fingerprint density at radius 2 is 1.61 bits per heavy atom. The Morgan fingerprint density at radius 1 is 0.909 bits per heavy atom. The number of aliphatic hydroxyl groups excluding tert-OH is 1. The first-order valence-electron chi connectivity index (χ1n) is 13.9. The number of hydrogen-bond donors (Lipinski definition) is 2. The molecular formula is C30H48O3. The van der Waals surface area contributed by atoms with Crippen molar-refractivity contribution in [1.82, 2.24) is 0 Å². The van der Waals surface area contributed by atoms with Gasteiger partial charge in [0.25, 0.3) is 0 Å². The van der Waals surface area contributed by atoms with Crippen LogP contribution in [0.15, 0.2) is 11.6 Å². The molecule has 0 aromatic rings. The Bertz CT molecular complexity index is 874. The van der Waals surface area contributed by atoms with Crippen LogP contribution in [0.2, 0.25) is 0 Å². The number of fused-ring (bicyclic) bond motifs is 7. The molecule has 4 fully saturated rings. The summed E-state index contributed by atoms with van der Waals surface area (Å²) in [7, 11) is 0. The Hall–Kier alpha value is -0.830. The zero-order valence-electron chi connectivity index (χ0n) is 22.2. The molecule has 4 saturated carbocycles. The van der Waals surface area contributed by atoms with Crippen molar-refractivity contribution in [2.45, 2.75) is 112 Å². The van der Waals surface area contributed by atoms with Crippen LogP contribution in [0.3, 0.4) is 0 Å². The zero-order chi connectivity index (χ0) is 24.2. The molecule has 0 saturated heterocycles. The van der Waals surface area contributed by atoms with Crippen LogP contribution in [-0.2, 0) is 4.79 Å². The number of carboxylic acids is 1. The van der Waals surface area contributed by atoms with Crippen LogP contribution in [0, 0.1) is 56.7 Å². The minimum Gasteiger partial charge on any atom is -0.481 e. The van der Waals surface area contributed by atoms with Crippen molar-refractivity contribution in [1.29, 1.82) is 0 Å². The van der Waals surface area contributed by atoms with Gasteiger partial charge in [-0.05, 0) is 109 Å². The second kappa shape index (κ2) is 7.11. The first kappa shape index (κ1) is 23.9. The Morgan fingerprint density at radius 3 is 2.27 bits per heavy atom. The van der Waals surface area contributed by atoms with E-state index in [1.807, 2.05) is 0 Å². The molecule has 3 nitrogen and oxygen atoms in total. The van der Waals surface area contributed by atoms with Crippen molar-refractivity contribution >= 4 is 5.97 Å². The van der Waals surface area contributed by atoms with Crippen LogP contribution in [0.5, 0.6) is 0 Å². The number of carbonyl (C=O) groups is 1. The van der Waals surface area contributed by atoms with Gasteiger partial charge in [-0.1, -0.05) is 60.1 Å². The zero-order valence-corrected chi connectivity index (χ0v) is 22.2. The van der Waals surface area contributed by atoms with Gasteiger partial charge in [-0.3, -0.25) is 4.79 Å². The van der Waals surface area contributed by atoms with Gasteiger partial charge >= 0.3 is 5.97 Å². The number of carboxylic acid groups (broad SMARTS) is 1. The molecule has 5 aliphatic rings. The van der Waals surface area contributed by atoms with Crippen LogP contribution in [0.1, 0.15) is 106 Å². The van der Waals surface area contributed by atoms with Gasteiger partial charge in [-0.2, -0.15) is 0 Å². The summed E-state index contributed by atoms with van der Waals surface area (Å²) in [6.45, 7) is 17.0. The highest BCUT2D eigenvalue weighted by molar-refractivity contribution is 5.76. The lowest BCUT2D eigenvalue weighted by molar-refractivity contribution is -0.206. The molecule has 33 heavy (non-hydrogen) atoms. The SMILES string of the molecule is CC1C2C3=CCC4[C@@]5(C)CCC(O)C(C)(C)C5CC[C@@]4(C)[C@]3(C)CC[C@@]2(C(=O)O)CC[C@H]1C. The standard InChI is InChI=1S/C30H48O3/c1-18-10-15-30(25(32)33)17-16-28(6)20(24(30)19(18)2)8-9-22-27(5)13-12-23(31)26(3,4)21(27)11-14-29(22,28)7/h8,18-19,21-24,31H,9-17H2,1-7H3,(H,32,33)/t18-,19?,21?,22?,23?,24?,27+,28-,29-,30+/m1/s1. The fourth-order valence-corrected chi connectivity index (χ4v) is 10.8. The van der Waals surface area contributed by atoms with E-state index in [4.69, 9.17) is 0 Å². The molecule has 10 atom stereocenters. The van der Waals surface area contributed by atoms with Crippen LogP contribution >= 0.6 is 0 Å². The van der Waals surface area contributed by atoms with E-state index in [0.29, 0.717) is 23.7 Å². The average molecular weight is 457 g/mol. The van der Waals surface area contributed by atoms with E-state index >= 15 is 0 Å². The smallest absolute Gasteiger partial charge is 0.310 e. The lowest BCUT2D eigenvalue weighted by Gasteiger charge is -2.71. The van der Waals surface area contributed by atoms with E-state index in [2.05, 4.69) is 54.5 Å². The minimum atomic E-state index is -0.557. The maximum atomic E-state index is 12.8. The molecule has 0 aliphatic heterocycles. The molecule has 0 bridgehead atoms. The topological polar surface area (TPSA) is 57.5 Å².